The highest BCUT2D eigenvalue weighted by atomic mass is 79.9. The third-order valence-electron chi connectivity index (χ3n) is 3.91. The molecule has 1 saturated heterocycles. The summed E-state index contributed by atoms with van der Waals surface area (Å²) in [5.74, 6) is 1.84. The van der Waals surface area contributed by atoms with Crippen LogP contribution in [0, 0.1) is 5.92 Å². The number of nitrogens with zero attached hydrogens (tertiary/aromatic N) is 3. The van der Waals surface area contributed by atoms with E-state index < -0.39 is 0 Å². The lowest BCUT2D eigenvalue weighted by Gasteiger charge is -2.34. The molecule has 4 heteroatoms. The molecule has 2 atom stereocenters. The van der Waals surface area contributed by atoms with Crippen molar-refractivity contribution in [3.8, 4) is 0 Å². The summed E-state index contributed by atoms with van der Waals surface area (Å²) in [5, 5.41) is 0. The summed E-state index contributed by atoms with van der Waals surface area (Å²) in [7, 11) is 2.10. The molecular formula is C14H18BrN3. The van der Waals surface area contributed by atoms with Crippen LogP contribution in [-0.4, -0.2) is 27.5 Å². The summed E-state index contributed by atoms with van der Waals surface area (Å²) in [6.45, 7) is 4.45. The van der Waals surface area contributed by atoms with E-state index in [-0.39, 0.29) is 0 Å². The first kappa shape index (κ1) is 12.0. The van der Waals surface area contributed by atoms with Crippen LogP contribution in [0.4, 0.5) is 5.95 Å². The third kappa shape index (κ3) is 1.92. The van der Waals surface area contributed by atoms with Crippen molar-refractivity contribution in [2.45, 2.75) is 18.2 Å². The number of aryl methyl sites for hydroxylation is 1. The number of halogens is 1. The summed E-state index contributed by atoms with van der Waals surface area (Å²) < 4.78 is 2.20. The van der Waals surface area contributed by atoms with Gasteiger partial charge in [0, 0.05) is 25.0 Å². The maximum Gasteiger partial charge on any atom is 0.206 e. The second kappa shape index (κ2) is 4.57. The monoisotopic (exact) mass is 307 g/mol. The van der Waals surface area contributed by atoms with Crippen molar-refractivity contribution < 1.29 is 0 Å². The van der Waals surface area contributed by atoms with E-state index in [1.165, 1.54) is 11.9 Å². The molecule has 0 amide bonds. The molecule has 3 nitrogen and oxygen atoms in total. The number of hydrogen-bond donors (Lipinski definition) is 0. The van der Waals surface area contributed by atoms with Crippen LogP contribution in [0.5, 0.6) is 0 Å². The topological polar surface area (TPSA) is 21.1 Å². The van der Waals surface area contributed by atoms with Gasteiger partial charge in [-0.05, 0) is 24.5 Å². The van der Waals surface area contributed by atoms with Crippen LogP contribution in [0.2, 0.25) is 0 Å². The van der Waals surface area contributed by atoms with E-state index in [0.29, 0.717) is 4.83 Å². The molecule has 3 rings (SSSR count). The van der Waals surface area contributed by atoms with Gasteiger partial charge < -0.3 is 9.47 Å². The minimum atomic E-state index is 0.561. The van der Waals surface area contributed by atoms with E-state index in [2.05, 4.69) is 57.6 Å². The fourth-order valence-corrected chi connectivity index (χ4v) is 3.23. The number of alkyl halides is 1. The van der Waals surface area contributed by atoms with E-state index >= 15 is 0 Å². The molecule has 1 fully saturated rings. The summed E-state index contributed by atoms with van der Waals surface area (Å²) >= 11 is 3.78. The molecule has 0 N–H and O–H groups in total. The average molecular weight is 308 g/mol. The van der Waals surface area contributed by atoms with Crippen LogP contribution < -0.4 is 4.90 Å². The maximum atomic E-state index is 4.76. The lowest BCUT2D eigenvalue weighted by atomic mass is 9.99. The van der Waals surface area contributed by atoms with E-state index in [0.717, 1.165) is 30.5 Å². The zero-order valence-corrected chi connectivity index (χ0v) is 12.4. The second-order valence-corrected chi connectivity index (χ2v) is 6.36. The quantitative estimate of drug-likeness (QED) is 0.755. The molecule has 0 radical (unpaired) electrons. The predicted molar refractivity (Wildman–Crippen MR) is 79.4 cm³/mol. The van der Waals surface area contributed by atoms with Gasteiger partial charge in [0.2, 0.25) is 5.95 Å². The van der Waals surface area contributed by atoms with Crippen LogP contribution in [-0.2, 0) is 7.05 Å². The van der Waals surface area contributed by atoms with E-state index in [9.17, 15) is 0 Å². The highest BCUT2D eigenvalue weighted by Gasteiger charge is 2.26. The van der Waals surface area contributed by atoms with Crippen molar-refractivity contribution in [1.29, 1.82) is 0 Å². The van der Waals surface area contributed by atoms with Gasteiger partial charge in [0.15, 0.2) is 0 Å². The van der Waals surface area contributed by atoms with Gasteiger partial charge in [-0.1, -0.05) is 35.0 Å². The Bertz CT molecular complexity index is 563. The summed E-state index contributed by atoms with van der Waals surface area (Å²) in [6, 6.07) is 8.32. The van der Waals surface area contributed by atoms with Crippen molar-refractivity contribution in [3.05, 3.63) is 24.3 Å². The highest BCUT2D eigenvalue weighted by molar-refractivity contribution is 9.09. The van der Waals surface area contributed by atoms with Crippen molar-refractivity contribution in [1.82, 2.24) is 9.55 Å². The van der Waals surface area contributed by atoms with Gasteiger partial charge in [-0.2, -0.15) is 0 Å². The first-order valence-corrected chi connectivity index (χ1v) is 7.39. The number of aromatic nitrogens is 2. The van der Waals surface area contributed by atoms with Crippen LogP contribution in [0.1, 0.15) is 13.3 Å². The third-order valence-corrected chi connectivity index (χ3v) is 5.11. The van der Waals surface area contributed by atoms with Crippen LogP contribution in [0.25, 0.3) is 11.0 Å². The van der Waals surface area contributed by atoms with Crippen molar-refractivity contribution in [2.24, 2.45) is 13.0 Å². The number of benzene rings is 1. The maximum absolute atomic E-state index is 4.76. The molecule has 1 aliphatic rings. The van der Waals surface area contributed by atoms with Gasteiger partial charge in [0.05, 0.1) is 11.0 Å². The zero-order valence-electron chi connectivity index (χ0n) is 10.8. The highest BCUT2D eigenvalue weighted by Crippen LogP contribution is 2.28. The Hall–Kier alpha value is -1.03. The number of hydrogen-bond acceptors (Lipinski definition) is 2. The lowest BCUT2D eigenvalue weighted by Crippen LogP contribution is -2.41. The van der Waals surface area contributed by atoms with Crippen molar-refractivity contribution >= 4 is 32.9 Å². The Kier molecular flexibility index (Phi) is 3.06. The molecule has 18 heavy (non-hydrogen) atoms. The summed E-state index contributed by atoms with van der Waals surface area (Å²) in [6.07, 6.45) is 1.22. The first-order valence-electron chi connectivity index (χ1n) is 6.47. The Morgan fingerprint density at radius 3 is 2.83 bits per heavy atom. The molecule has 2 unspecified atom stereocenters. The minimum absolute atomic E-state index is 0.561. The molecule has 2 aromatic rings. The first-order chi connectivity index (χ1) is 8.66. The molecule has 0 bridgehead atoms. The molecule has 1 aromatic carbocycles. The van der Waals surface area contributed by atoms with Crippen LogP contribution in [0.15, 0.2) is 24.3 Å². The molecule has 2 heterocycles. The normalized spacial score (nSPS) is 24.7. The van der Waals surface area contributed by atoms with Gasteiger partial charge in [-0.25, -0.2) is 4.98 Å². The smallest absolute Gasteiger partial charge is 0.206 e. The fraction of sp³-hybridized carbons (Fsp3) is 0.500. The van der Waals surface area contributed by atoms with E-state index in [4.69, 9.17) is 4.98 Å². The minimum Gasteiger partial charge on any atom is -0.341 e. The average Bonchev–Trinajstić information content (AvgIpc) is 2.71. The Morgan fingerprint density at radius 1 is 1.33 bits per heavy atom. The SMILES string of the molecule is CC1CCN(c2nc3ccccc3n2C)CC1Br. The van der Waals surface area contributed by atoms with Crippen molar-refractivity contribution in [3.63, 3.8) is 0 Å². The molecule has 1 aliphatic heterocycles. The molecule has 0 aliphatic carbocycles. The van der Waals surface area contributed by atoms with Gasteiger partial charge in [-0.15, -0.1) is 0 Å². The number of anilines is 1. The Morgan fingerprint density at radius 2 is 2.11 bits per heavy atom. The zero-order chi connectivity index (χ0) is 12.7. The van der Waals surface area contributed by atoms with E-state index in [1.54, 1.807) is 0 Å². The molecular weight excluding hydrogens is 290 g/mol. The number of para-hydroxylation sites is 2. The predicted octanol–water partition coefficient (Wildman–Crippen LogP) is 3.18. The number of fused-ring (bicyclic) bond motifs is 1. The molecule has 0 spiro atoms. The van der Waals surface area contributed by atoms with Gasteiger partial charge in [0.1, 0.15) is 0 Å². The second-order valence-electron chi connectivity index (χ2n) is 5.19. The molecule has 0 saturated carbocycles. The number of imidazole rings is 1. The van der Waals surface area contributed by atoms with Crippen molar-refractivity contribution in [2.75, 3.05) is 18.0 Å². The van der Waals surface area contributed by atoms with Gasteiger partial charge >= 0.3 is 0 Å². The largest absolute Gasteiger partial charge is 0.341 e. The fourth-order valence-electron chi connectivity index (χ4n) is 2.62. The summed E-state index contributed by atoms with van der Waals surface area (Å²) in [4.78, 5) is 7.71. The molecule has 1 aromatic heterocycles. The van der Waals surface area contributed by atoms with E-state index in [1.807, 2.05) is 6.07 Å². The number of piperidine rings is 1. The van der Waals surface area contributed by atoms with Crippen LogP contribution in [0.3, 0.4) is 0 Å². The van der Waals surface area contributed by atoms with Gasteiger partial charge in [0.25, 0.3) is 0 Å². The number of rotatable bonds is 1. The summed E-state index contributed by atoms with van der Waals surface area (Å²) in [5.41, 5.74) is 2.29. The van der Waals surface area contributed by atoms with Crippen LogP contribution >= 0.6 is 15.9 Å². The Balaban J connectivity index is 1.97. The van der Waals surface area contributed by atoms with Gasteiger partial charge in [-0.3, -0.25) is 0 Å². The molecule has 96 valence electrons. The lowest BCUT2D eigenvalue weighted by molar-refractivity contribution is 0.450. The standard InChI is InChI=1S/C14H18BrN3/c1-10-7-8-18(9-11(10)15)14-16-12-5-3-4-6-13(12)17(14)2/h3-6,10-11H,7-9H2,1-2H3. The Labute approximate surface area is 116 Å².